The Morgan fingerprint density at radius 3 is 2.46 bits per heavy atom. The van der Waals surface area contributed by atoms with Crippen LogP contribution in [0.1, 0.15) is 47.8 Å². The minimum absolute atomic E-state index is 0.170. The Labute approximate surface area is 159 Å². The van der Waals surface area contributed by atoms with Gasteiger partial charge in [-0.1, -0.05) is 32.3 Å². The summed E-state index contributed by atoms with van der Waals surface area (Å²) in [5.74, 6) is -0.170. The first-order valence-corrected chi connectivity index (χ1v) is 11.3. The van der Waals surface area contributed by atoms with Gasteiger partial charge in [0.25, 0.3) is 5.91 Å². The molecule has 2 aromatic rings. The van der Waals surface area contributed by atoms with E-state index in [2.05, 4.69) is 17.0 Å². The maximum atomic E-state index is 12.3. The van der Waals surface area contributed by atoms with Crippen LogP contribution in [0.15, 0.2) is 46.7 Å². The Morgan fingerprint density at radius 2 is 1.81 bits per heavy atom. The van der Waals surface area contributed by atoms with Crippen molar-refractivity contribution in [2.75, 3.05) is 13.1 Å². The van der Waals surface area contributed by atoms with Crippen molar-refractivity contribution in [2.24, 2.45) is 0 Å². The predicted octanol–water partition coefficient (Wildman–Crippen LogP) is 3.58. The van der Waals surface area contributed by atoms with Gasteiger partial charge in [0.1, 0.15) is 0 Å². The molecule has 0 saturated carbocycles. The number of hydrogen-bond acceptors (Lipinski definition) is 4. The van der Waals surface area contributed by atoms with Crippen molar-refractivity contribution in [1.82, 2.24) is 10.0 Å². The van der Waals surface area contributed by atoms with Gasteiger partial charge in [-0.3, -0.25) is 4.79 Å². The third-order valence-corrected chi connectivity index (χ3v) is 6.40. The molecule has 7 heteroatoms. The number of amides is 1. The summed E-state index contributed by atoms with van der Waals surface area (Å²) in [5, 5.41) is 4.83. The maximum absolute atomic E-state index is 12.3. The van der Waals surface area contributed by atoms with E-state index in [1.165, 1.54) is 18.6 Å². The van der Waals surface area contributed by atoms with E-state index in [1.807, 2.05) is 17.5 Å². The van der Waals surface area contributed by atoms with E-state index in [-0.39, 0.29) is 10.8 Å². The zero-order valence-corrected chi connectivity index (χ0v) is 16.7. The van der Waals surface area contributed by atoms with Crippen molar-refractivity contribution in [3.05, 3.63) is 52.2 Å². The summed E-state index contributed by atoms with van der Waals surface area (Å²) in [4.78, 5) is 13.4. The van der Waals surface area contributed by atoms with Crippen LogP contribution in [0, 0.1) is 0 Å². The number of carbonyl (C=O) groups is 1. The van der Waals surface area contributed by atoms with Crippen LogP contribution in [0.4, 0.5) is 0 Å². The van der Waals surface area contributed by atoms with Crippen LogP contribution in [0.25, 0.3) is 0 Å². The molecular weight excluding hydrogens is 368 g/mol. The summed E-state index contributed by atoms with van der Waals surface area (Å²) in [6.07, 6.45) is 5.05. The molecule has 0 radical (unpaired) electrons. The van der Waals surface area contributed by atoms with Crippen molar-refractivity contribution in [3.63, 3.8) is 0 Å². The number of nitrogens with one attached hydrogen (secondary N) is 2. The highest BCUT2D eigenvalue weighted by atomic mass is 32.2. The molecule has 0 aliphatic heterocycles. The Balaban J connectivity index is 1.83. The summed E-state index contributed by atoms with van der Waals surface area (Å²) in [6.45, 7) is 3.14. The average Bonchev–Trinajstić information content (AvgIpc) is 3.15. The van der Waals surface area contributed by atoms with E-state index in [0.717, 1.165) is 24.1 Å². The van der Waals surface area contributed by atoms with Crippen LogP contribution in [-0.4, -0.2) is 27.4 Å². The van der Waals surface area contributed by atoms with Crippen molar-refractivity contribution in [1.29, 1.82) is 0 Å². The summed E-state index contributed by atoms with van der Waals surface area (Å²) in [7, 11) is -3.56. The Kier molecular flexibility index (Phi) is 8.28. The molecule has 0 bridgehead atoms. The first-order chi connectivity index (χ1) is 12.5. The van der Waals surface area contributed by atoms with Crippen molar-refractivity contribution >= 4 is 27.3 Å². The van der Waals surface area contributed by atoms with Crippen LogP contribution in [0.5, 0.6) is 0 Å². The van der Waals surface area contributed by atoms with E-state index in [1.54, 1.807) is 23.5 Å². The molecule has 5 nitrogen and oxygen atoms in total. The van der Waals surface area contributed by atoms with Crippen LogP contribution < -0.4 is 10.0 Å². The Morgan fingerprint density at radius 1 is 1.04 bits per heavy atom. The summed E-state index contributed by atoms with van der Waals surface area (Å²) in [5.41, 5.74) is 0.470. The predicted molar refractivity (Wildman–Crippen MR) is 106 cm³/mol. The van der Waals surface area contributed by atoms with Crippen molar-refractivity contribution in [2.45, 2.75) is 43.9 Å². The van der Waals surface area contributed by atoms with Gasteiger partial charge < -0.3 is 5.32 Å². The molecule has 0 spiro atoms. The molecule has 0 atom stereocenters. The highest BCUT2D eigenvalue weighted by molar-refractivity contribution is 7.89. The first-order valence-electron chi connectivity index (χ1n) is 8.93. The second-order valence-corrected chi connectivity index (χ2v) is 8.87. The van der Waals surface area contributed by atoms with Crippen molar-refractivity contribution < 1.29 is 13.2 Å². The zero-order chi connectivity index (χ0) is 18.8. The van der Waals surface area contributed by atoms with Gasteiger partial charge >= 0.3 is 0 Å². The van der Waals surface area contributed by atoms with Gasteiger partial charge in [0, 0.05) is 23.5 Å². The number of carbonyl (C=O) groups excluding carboxylic acids is 1. The second kappa shape index (κ2) is 10.4. The van der Waals surface area contributed by atoms with Gasteiger partial charge in [0.05, 0.1) is 4.90 Å². The van der Waals surface area contributed by atoms with Crippen LogP contribution >= 0.6 is 11.3 Å². The van der Waals surface area contributed by atoms with Gasteiger partial charge in [0.15, 0.2) is 0 Å². The minimum atomic E-state index is -3.56. The van der Waals surface area contributed by atoms with Crippen LogP contribution in [0.3, 0.4) is 0 Å². The van der Waals surface area contributed by atoms with E-state index < -0.39 is 10.0 Å². The van der Waals surface area contributed by atoms with Gasteiger partial charge in [-0.2, -0.15) is 0 Å². The number of unbranched alkanes of at least 4 members (excludes halogenated alkanes) is 3. The third-order valence-electron chi connectivity index (χ3n) is 3.99. The van der Waals surface area contributed by atoms with Gasteiger partial charge in [-0.05, 0) is 48.6 Å². The van der Waals surface area contributed by atoms with E-state index >= 15 is 0 Å². The van der Waals surface area contributed by atoms with E-state index in [0.29, 0.717) is 25.1 Å². The lowest BCUT2D eigenvalue weighted by Crippen LogP contribution is -2.26. The molecule has 0 aliphatic carbocycles. The monoisotopic (exact) mass is 394 g/mol. The molecule has 2 N–H and O–H groups in total. The normalized spacial score (nSPS) is 11.4. The fourth-order valence-electron chi connectivity index (χ4n) is 2.49. The molecule has 0 saturated heterocycles. The fourth-order valence-corrected chi connectivity index (χ4v) is 4.23. The van der Waals surface area contributed by atoms with E-state index in [4.69, 9.17) is 0 Å². The largest absolute Gasteiger partial charge is 0.352 e. The molecule has 1 aromatic carbocycles. The van der Waals surface area contributed by atoms with Crippen molar-refractivity contribution in [3.8, 4) is 0 Å². The topological polar surface area (TPSA) is 75.3 Å². The maximum Gasteiger partial charge on any atom is 0.251 e. The molecule has 1 amide bonds. The highest BCUT2D eigenvalue weighted by Crippen LogP contribution is 2.12. The third kappa shape index (κ3) is 6.55. The second-order valence-electron chi connectivity index (χ2n) is 6.07. The summed E-state index contributed by atoms with van der Waals surface area (Å²) >= 11 is 1.61. The highest BCUT2D eigenvalue weighted by Gasteiger charge is 2.14. The lowest BCUT2D eigenvalue weighted by molar-refractivity contribution is 0.0953. The Hall–Kier alpha value is -1.70. The molecule has 0 fully saturated rings. The summed E-state index contributed by atoms with van der Waals surface area (Å²) in [6, 6.07) is 9.97. The van der Waals surface area contributed by atoms with Crippen LogP contribution in [-0.2, 0) is 16.4 Å². The lowest BCUT2D eigenvalue weighted by atomic mass is 10.2. The average molecular weight is 395 g/mol. The number of benzene rings is 1. The molecule has 142 valence electrons. The smallest absolute Gasteiger partial charge is 0.251 e. The molecule has 0 aliphatic rings. The number of rotatable bonds is 11. The first kappa shape index (κ1) is 20.6. The van der Waals surface area contributed by atoms with Gasteiger partial charge in [0.2, 0.25) is 10.0 Å². The van der Waals surface area contributed by atoms with Crippen LogP contribution in [0.2, 0.25) is 0 Å². The molecule has 0 unspecified atom stereocenters. The lowest BCUT2D eigenvalue weighted by Gasteiger charge is -2.08. The number of thiophene rings is 1. The number of hydrogen-bond donors (Lipinski definition) is 2. The van der Waals surface area contributed by atoms with Gasteiger partial charge in [-0.25, -0.2) is 13.1 Å². The Bertz CT molecular complexity index is 770. The number of sulfonamides is 1. The minimum Gasteiger partial charge on any atom is -0.352 e. The fraction of sp³-hybridized carbons (Fsp3) is 0.421. The molecule has 26 heavy (non-hydrogen) atoms. The molecule has 1 aromatic heterocycles. The zero-order valence-electron chi connectivity index (χ0n) is 15.0. The quantitative estimate of drug-likeness (QED) is 0.572. The SMILES string of the molecule is CCCCCCNC(=O)c1ccc(S(=O)(=O)NCCc2cccs2)cc1. The van der Waals surface area contributed by atoms with Gasteiger partial charge in [-0.15, -0.1) is 11.3 Å². The molecular formula is C19H26N2O3S2. The van der Waals surface area contributed by atoms with E-state index in [9.17, 15) is 13.2 Å². The molecule has 1 heterocycles. The molecule has 2 rings (SSSR count). The summed E-state index contributed by atoms with van der Waals surface area (Å²) < 4.78 is 27.2. The standard InChI is InChI=1S/C19H26N2O3S2/c1-2-3-4-5-13-20-19(22)16-8-10-18(11-9-16)26(23,24)21-14-12-17-7-6-15-25-17/h6-11,15,21H,2-5,12-14H2,1H3,(H,20,22).